The van der Waals surface area contributed by atoms with E-state index in [0.717, 1.165) is 12.1 Å². The molecule has 194 valence electrons. The molecule has 1 fully saturated rings. The van der Waals surface area contributed by atoms with Crippen molar-refractivity contribution in [1.29, 1.82) is 0 Å². The summed E-state index contributed by atoms with van der Waals surface area (Å²) in [6.45, 7) is 2.08. The second-order valence-corrected chi connectivity index (χ2v) is 10.8. The molecule has 0 spiro atoms. The van der Waals surface area contributed by atoms with Crippen LogP contribution in [0.1, 0.15) is 30.1 Å². The van der Waals surface area contributed by atoms with Crippen molar-refractivity contribution < 1.29 is 32.3 Å². The summed E-state index contributed by atoms with van der Waals surface area (Å²) in [5.74, 6) is -2.01. The summed E-state index contributed by atoms with van der Waals surface area (Å²) < 4.78 is 38.2. The number of halogens is 3. The number of hydrogen-bond donors (Lipinski definition) is 1. The number of benzene rings is 2. The van der Waals surface area contributed by atoms with Gasteiger partial charge in [-0.3, -0.25) is 14.3 Å². The standard InChI is InChI=1S/C23H23Cl3N2O7S/c1-2-34-22(30)14-6-8-28(9-7-14)21(29)13-35-23(31)17-11-20(19(26)12-18(17)25)36(32,33)27-16-5-3-4-15(24)10-16/h3-5,10-12,14,27H,2,6-9,13H2,1H3. The first-order valence-corrected chi connectivity index (χ1v) is 13.5. The molecule has 1 aliphatic rings. The monoisotopic (exact) mass is 576 g/mol. The van der Waals surface area contributed by atoms with Gasteiger partial charge in [0.15, 0.2) is 6.61 Å². The van der Waals surface area contributed by atoms with E-state index in [0.29, 0.717) is 37.6 Å². The number of nitrogens with one attached hydrogen (secondary N) is 1. The maximum absolute atomic E-state index is 12.9. The topological polar surface area (TPSA) is 119 Å². The smallest absolute Gasteiger partial charge is 0.340 e. The van der Waals surface area contributed by atoms with E-state index in [1.165, 1.54) is 17.0 Å². The number of likely N-dealkylation sites (tertiary alicyclic amines) is 1. The Kier molecular flexibility index (Phi) is 9.46. The fourth-order valence-electron chi connectivity index (χ4n) is 3.57. The molecule has 3 rings (SSSR count). The number of carbonyl (C=O) groups is 3. The third kappa shape index (κ3) is 7.03. The van der Waals surface area contributed by atoms with Crippen LogP contribution in [-0.4, -0.2) is 57.5 Å². The molecule has 1 aliphatic heterocycles. The van der Waals surface area contributed by atoms with Gasteiger partial charge in [0.25, 0.3) is 15.9 Å². The largest absolute Gasteiger partial charge is 0.466 e. The van der Waals surface area contributed by atoms with E-state index >= 15 is 0 Å². The van der Waals surface area contributed by atoms with Crippen molar-refractivity contribution >= 4 is 68.4 Å². The summed E-state index contributed by atoms with van der Waals surface area (Å²) >= 11 is 18.1. The minimum Gasteiger partial charge on any atom is -0.466 e. The number of nitrogens with zero attached hydrogens (tertiary/aromatic N) is 1. The van der Waals surface area contributed by atoms with Crippen molar-refractivity contribution in [2.75, 3.05) is 31.0 Å². The molecular weight excluding hydrogens is 555 g/mol. The number of carbonyl (C=O) groups excluding carboxylic acids is 3. The van der Waals surface area contributed by atoms with Gasteiger partial charge in [-0.25, -0.2) is 13.2 Å². The Balaban J connectivity index is 1.66. The minimum atomic E-state index is -4.22. The van der Waals surface area contributed by atoms with Gasteiger partial charge in [0.05, 0.1) is 33.8 Å². The summed E-state index contributed by atoms with van der Waals surface area (Å²) in [6, 6.07) is 8.11. The third-order valence-corrected chi connectivity index (χ3v) is 7.80. The van der Waals surface area contributed by atoms with Crippen molar-refractivity contribution in [3.05, 3.63) is 57.0 Å². The molecule has 0 unspecified atom stereocenters. The molecule has 1 N–H and O–H groups in total. The third-order valence-electron chi connectivity index (χ3n) is 5.40. The lowest BCUT2D eigenvalue weighted by atomic mass is 9.97. The highest BCUT2D eigenvalue weighted by molar-refractivity contribution is 7.92. The molecule has 0 saturated carbocycles. The van der Waals surface area contributed by atoms with Crippen molar-refractivity contribution in [3.8, 4) is 0 Å². The second-order valence-electron chi connectivity index (χ2n) is 7.86. The van der Waals surface area contributed by atoms with E-state index < -0.39 is 33.4 Å². The highest BCUT2D eigenvalue weighted by atomic mass is 35.5. The van der Waals surface area contributed by atoms with Crippen LogP contribution in [-0.2, 0) is 29.1 Å². The number of sulfonamides is 1. The fourth-order valence-corrected chi connectivity index (χ4v) is 5.67. The summed E-state index contributed by atoms with van der Waals surface area (Å²) in [5, 5.41) is -0.0440. The van der Waals surface area contributed by atoms with E-state index in [1.54, 1.807) is 19.1 Å². The lowest BCUT2D eigenvalue weighted by molar-refractivity contribution is -0.151. The molecule has 9 nitrogen and oxygen atoms in total. The first-order valence-electron chi connectivity index (χ1n) is 10.9. The lowest BCUT2D eigenvalue weighted by Gasteiger charge is -2.30. The molecule has 2 aromatic rings. The Morgan fingerprint density at radius 3 is 2.36 bits per heavy atom. The van der Waals surface area contributed by atoms with E-state index in [2.05, 4.69) is 4.72 Å². The van der Waals surface area contributed by atoms with Crippen LogP contribution in [0, 0.1) is 5.92 Å². The van der Waals surface area contributed by atoms with E-state index in [1.807, 2.05) is 0 Å². The van der Waals surface area contributed by atoms with Gasteiger partial charge < -0.3 is 14.4 Å². The molecule has 0 radical (unpaired) electrons. The fraction of sp³-hybridized carbons (Fsp3) is 0.348. The molecule has 0 bridgehead atoms. The van der Waals surface area contributed by atoms with Gasteiger partial charge in [0, 0.05) is 18.1 Å². The zero-order valence-electron chi connectivity index (χ0n) is 19.1. The average molecular weight is 578 g/mol. The van der Waals surface area contributed by atoms with Gasteiger partial charge in [0.1, 0.15) is 4.90 Å². The van der Waals surface area contributed by atoms with Gasteiger partial charge in [-0.1, -0.05) is 40.9 Å². The van der Waals surface area contributed by atoms with Crippen LogP contribution in [0.25, 0.3) is 0 Å². The maximum atomic E-state index is 12.9. The normalized spacial score (nSPS) is 14.3. The van der Waals surface area contributed by atoms with Crippen LogP contribution in [0.15, 0.2) is 41.3 Å². The average Bonchev–Trinajstić information content (AvgIpc) is 2.82. The van der Waals surface area contributed by atoms with Crippen LogP contribution in [0.3, 0.4) is 0 Å². The Bertz CT molecular complexity index is 1260. The van der Waals surface area contributed by atoms with Gasteiger partial charge >= 0.3 is 11.9 Å². The van der Waals surface area contributed by atoms with Gasteiger partial charge in [-0.05, 0) is 50.1 Å². The molecule has 36 heavy (non-hydrogen) atoms. The summed E-state index contributed by atoms with van der Waals surface area (Å²) in [4.78, 5) is 38.1. The molecule has 13 heteroatoms. The molecule has 0 aromatic heterocycles. The summed E-state index contributed by atoms with van der Waals surface area (Å²) in [7, 11) is -4.22. The Hall–Kier alpha value is -2.53. The molecule has 1 saturated heterocycles. The zero-order valence-corrected chi connectivity index (χ0v) is 22.2. The van der Waals surface area contributed by atoms with Gasteiger partial charge in [-0.2, -0.15) is 0 Å². The second kappa shape index (κ2) is 12.1. The Morgan fingerprint density at radius 1 is 1.03 bits per heavy atom. The van der Waals surface area contributed by atoms with Crippen molar-refractivity contribution in [1.82, 2.24) is 4.90 Å². The van der Waals surface area contributed by atoms with E-state index in [-0.39, 0.29) is 33.2 Å². The van der Waals surface area contributed by atoms with Crippen molar-refractivity contribution in [3.63, 3.8) is 0 Å². The Labute approximate surface area is 223 Å². The number of hydrogen-bond acceptors (Lipinski definition) is 7. The van der Waals surface area contributed by atoms with E-state index in [9.17, 15) is 22.8 Å². The molecule has 2 aromatic carbocycles. The van der Waals surface area contributed by atoms with Crippen molar-refractivity contribution in [2.45, 2.75) is 24.7 Å². The molecule has 1 heterocycles. The van der Waals surface area contributed by atoms with Crippen molar-refractivity contribution in [2.24, 2.45) is 5.92 Å². The molecular formula is C23H23Cl3N2O7S. The van der Waals surface area contributed by atoms with E-state index in [4.69, 9.17) is 44.3 Å². The number of esters is 2. The lowest BCUT2D eigenvalue weighted by Crippen LogP contribution is -2.42. The SMILES string of the molecule is CCOC(=O)C1CCN(C(=O)COC(=O)c2cc(S(=O)(=O)Nc3cccc(Cl)c3)c(Cl)cc2Cl)CC1. The quantitative estimate of drug-likeness (QED) is 0.462. The Morgan fingerprint density at radius 2 is 1.72 bits per heavy atom. The first-order chi connectivity index (χ1) is 17.0. The van der Waals surface area contributed by atoms with Gasteiger partial charge in [0.2, 0.25) is 0 Å². The first kappa shape index (κ1) is 28.0. The van der Waals surface area contributed by atoms with Gasteiger partial charge in [-0.15, -0.1) is 0 Å². The number of ether oxygens (including phenoxy) is 2. The highest BCUT2D eigenvalue weighted by Crippen LogP contribution is 2.31. The van der Waals surface area contributed by atoms with Crippen LogP contribution in [0.4, 0.5) is 5.69 Å². The van der Waals surface area contributed by atoms with Crippen LogP contribution < -0.4 is 4.72 Å². The maximum Gasteiger partial charge on any atom is 0.340 e. The molecule has 0 aliphatic carbocycles. The number of piperidine rings is 1. The summed E-state index contributed by atoms with van der Waals surface area (Å²) in [6.07, 6.45) is 0.894. The highest BCUT2D eigenvalue weighted by Gasteiger charge is 2.29. The number of anilines is 1. The zero-order chi connectivity index (χ0) is 26.5. The summed E-state index contributed by atoms with van der Waals surface area (Å²) in [5.41, 5.74) is -0.0867. The van der Waals surface area contributed by atoms with Crippen LogP contribution in [0.2, 0.25) is 15.1 Å². The predicted molar refractivity (Wildman–Crippen MR) is 135 cm³/mol. The number of rotatable bonds is 8. The van der Waals surface area contributed by atoms with Crippen LogP contribution in [0.5, 0.6) is 0 Å². The predicted octanol–water partition coefficient (Wildman–Crippen LogP) is 4.41. The van der Waals surface area contributed by atoms with Crippen LogP contribution >= 0.6 is 34.8 Å². The minimum absolute atomic E-state index is 0.144. The molecule has 0 atom stereocenters. The number of amides is 1. The molecule has 1 amide bonds.